The molecule has 3 heteroatoms. The van der Waals surface area contributed by atoms with Gasteiger partial charge in [0.15, 0.2) is 0 Å². The van der Waals surface area contributed by atoms with Crippen LogP contribution >= 0.6 is 11.6 Å². The first-order valence-corrected chi connectivity index (χ1v) is 5.35. The van der Waals surface area contributed by atoms with E-state index in [4.69, 9.17) is 11.6 Å². The highest BCUT2D eigenvalue weighted by molar-refractivity contribution is 6.30. The van der Waals surface area contributed by atoms with Crippen LogP contribution in [0.15, 0.2) is 36.4 Å². The van der Waals surface area contributed by atoms with Crippen LogP contribution in [0.5, 0.6) is 0 Å². The average Bonchev–Trinajstić information content (AvgIpc) is 2.29. The highest BCUT2D eigenvalue weighted by atomic mass is 35.5. The predicted octanol–water partition coefficient (Wildman–Crippen LogP) is 2.74. The Labute approximate surface area is 94.2 Å². The Kier molecular flexibility index (Phi) is 3.07. The molecule has 1 aromatic carbocycles. The van der Waals surface area contributed by atoms with Crippen LogP contribution in [0, 0.1) is 0 Å². The van der Waals surface area contributed by atoms with E-state index in [1.165, 1.54) is 0 Å². The average molecular weight is 222 g/mol. The SMILES string of the molecule is O=C(c1cccc(Cl)c1)N1CC=CCC1. The molecule has 0 saturated heterocycles. The van der Waals surface area contributed by atoms with Crippen LogP contribution in [0.25, 0.3) is 0 Å². The van der Waals surface area contributed by atoms with Crippen molar-refractivity contribution in [1.82, 2.24) is 4.90 Å². The molecule has 1 heterocycles. The van der Waals surface area contributed by atoms with Crippen LogP contribution in [-0.4, -0.2) is 23.9 Å². The number of carbonyl (C=O) groups excluding carboxylic acids is 1. The van der Waals surface area contributed by atoms with Gasteiger partial charge in [0.2, 0.25) is 0 Å². The smallest absolute Gasteiger partial charge is 0.254 e. The third kappa shape index (κ3) is 2.39. The number of carbonyl (C=O) groups is 1. The van der Waals surface area contributed by atoms with Crippen LogP contribution < -0.4 is 0 Å². The third-order valence-electron chi connectivity index (χ3n) is 2.42. The summed E-state index contributed by atoms with van der Waals surface area (Å²) < 4.78 is 0. The minimum atomic E-state index is 0.0573. The van der Waals surface area contributed by atoms with Gasteiger partial charge in [-0.1, -0.05) is 29.8 Å². The molecule has 2 rings (SSSR count). The van der Waals surface area contributed by atoms with Gasteiger partial charge in [0.05, 0.1) is 0 Å². The molecule has 1 aromatic rings. The molecule has 0 N–H and O–H groups in total. The van der Waals surface area contributed by atoms with E-state index in [-0.39, 0.29) is 5.91 Å². The molecule has 0 unspecified atom stereocenters. The summed E-state index contributed by atoms with van der Waals surface area (Å²) in [6.45, 7) is 1.49. The van der Waals surface area contributed by atoms with Gasteiger partial charge in [-0.3, -0.25) is 4.79 Å². The predicted molar refractivity (Wildman–Crippen MR) is 61.1 cm³/mol. The lowest BCUT2D eigenvalue weighted by atomic mass is 10.1. The number of rotatable bonds is 1. The first-order valence-electron chi connectivity index (χ1n) is 4.97. The minimum absolute atomic E-state index is 0.0573. The summed E-state index contributed by atoms with van der Waals surface area (Å²) in [5.74, 6) is 0.0573. The van der Waals surface area contributed by atoms with Gasteiger partial charge in [-0.2, -0.15) is 0 Å². The van der Waals surface area contributed by atoms with Gasteiger partial charge in [-0.05, 0) is 24.6 Å². The number of hydrogen-bond acceptors (Lipinski definition) is 1. The fourth-order valence-corrected chi connectivity index (χ4v) is 1.82. The Balaban J connectivity index is 2.16. The van der Waals surface area contributed by atoms with Crippen molar-refractivity contribution in [3.8, 4) is 0 Å². The van der Waals surface area contributed by atoms with Crippen molar-refractivity contribution in [2.75, 3.05) is 13.1 Å². The second-order valence-electron chi connectivity index (χ2n) is 3.52. The minimum Gasteiger partial charge on any atom is -0.335 e. The molecule has 0 radical (unpaired) electrons. The van der Waals surface area contributed by atoms with Gasteiger partial charge in [0, 0.05) is 23.7 Å². The Bertz CT molecular complexity index is 400. The number of hydrogen-bond donors (Lipinski definition) is 0. The van der Waals surface area contributed by atoms with Crippen molar-refractivity contribution >= 4 is 17.5 Å². The van der Waals surface area contributed by atoms with Crippen molar-refractivity contribution in [1.29, 1.82) is 0 Å². The second kappa shape index (κ2) is 4.49. The quantitative estimate of drug-likeness (QED) is 0.668. The second-order valence-corrected chi connectivity index (χ2v) is 3.96. The van der Waals surface area contributed by atoms with Crippen LogP contribution in [0.4, 0.5) is 0 Å². The highest BCUT2D eigenvalue weighted by Gasteiger charge is 2.15. The maximum absolute atomic E-state index is 12.0. The van der Waals surface area contributed by atoms with Crippen molar-refractivity contribution in [3.05, 3.63) is 47.0 Å². The summed E-state index contributed by atoms with van der Waals surface area (Å²) in [5, 5.41) is 0.605. The highest BCUT2D eigenvalue weighted by Crippen LogP contribution is 2.14. The molecule has 1 amide bonds. The zero-order chi connectivity index (χ0) is 10.7. The Morgan fingerprint density at radius 2 is 2.20 bits per heavy atom. The van der Waals surface area contributed by atoms with Gasteiger partial charge in [-0.15, -0.1) is 0 Å². The van der Waals surface area contributed by atoms with E-state index in [0.29, 0.717) is 17.1 Å². The number of nitrogens with zero attached hydrogens (tertiary/aromatic N) is 1. The van der Waals surface area contributed by atoms with E-state index in [1.54, 1.807) is 24.3 Å². The lowest BCUT2D eigenvalue weighted by Gasteiger charge is -2.23. The summed E-state index contributed by atoms with van der Waals surface area (Å²) in [6, 6.07) is 7.08. The van der Waals surface area contributed by atoms with Crippen LogP contribution in [0.1, 0.15) is 16.8 Å². The Morgan fingerprint density at radius 3 is 2.87 bits per heavy atom. The fourth-order valence-electron chi connectivity index (χ4n) is 1.63. The molecule has 0 aromatic heterocycles. The molecule has 1 aliphatic rings. The molecule has 0 spiro atoms. The molecule has 0 saturated carbocycles. The van der Waals surface area contributed by atoms with E-state index in [0.717, 1.165) is 13.0 Å². The van der Waals surface area contributed by atoms with Gasteiger partial charge in [-0.25, -0.2) is 0 Å². The van der Waals surface area contributed by atoms with Gasteiger partial charge >= 0.3 is 0 Å². The zero-order valence-corrected chi connectivity index (χ0v) is 9.07. The number of halogens is 1. The number of benzene rings is 1. The summed E-state index contributed by atoms with van der Waals surface area (Å²) in [5.41, 5.74) is 0.665. The molecule has 15 heavy (non-hydrogen) atoms. The first-order chi connectivity index (χ1) is 7.27. The van der Waals surface area contributed by atoms with E-state index >= 15 is 0 Å². The molecule has 78 valence electrons. The monoisotopic (exact) mass is 221 g/mol. The van der Waals surface area contributed by atoms with Crippen molar-refractivity contribution in [2.45, 2.75) is 6.42 Å². The normalized spacial score (nSPS) is 15.4. The third-order valence-corrected chi connectivity index (χ3v) is 2.65. The van der Waals surface area contributed by atoms with Crippen LogP contribution in [0.3, 0.4) is 0 Å². The Morgan fingerprint density at radius 1 is 1.33 bits per heavy atom. The first kappa shape index (κ1) is 10.2. The molecule has 1 aliphatic heterocycles. The lowest BCUT2D eigenvalue weighted by Crippen LogP contribution is -2.33. The standard InChI is InChI=1S/C12H12ClNO/c13-11-6-4-5-10(9-11)12(15)14-7-2-1-3-8-14/h1-2,4-6,9H,3,7-8H2. The molecule has 0 bridgehead atoms. The summed E-state index contributed by atoms with van der Waals surface area (Å²) in [7, 11) is 0. The van der Waals surface area contributed by atoms with Crippen LogP contribution in [0.2, 0.25) is 5.02 Å². The van der Waals surface area contributed by atoms with Crippen molar-refractivity contribution < 1.29 is 4.79 Å². The Hall–Kier alpha value is -1.28. The molecule has 0 aliphatic carbocycles. The van der Waals surface area contributed by atoms with Gasteiger partial charge in [0.25, 0.3) is 5.91 Å². The van der Waals surface area contributed by atoms with Gasteiger partial charge < -0.3 is 4.90 Å². The summed E-state index contributed by atoms with van der Waals surface area (Å²) in [4.78, 5) is 13.8. The van der Waals surface area contributed by atoms with Gasteiger partial charge in [0.1, 0.15) is 0 Å². The maximum Gasteiger partial charge on any atom is 0.254 e. The lowest BCUT2D eigenvalue weighted by molar-refractivity contribution is 0.0771. The summed E-state index contributed by atoms with van der Waals surface area (Å²) >= 11 is 5.84. The molecule has 2 nitrogen and oxygen atoms in total. The molecular formula is C12H12ClNO. The zero-order valence-electron chi connectivity index (χ0n) is 8.32. The maximum atomic E-state index is 12.0. The van der Waals surface area contributed by atoms with E-state index in [2.05, 4.69) is 6.08 Å². The topological polar surface area (TPSA) is 20.3 Å². The van der Waals surface area contributed by atoms with Crippen molar-refractivity contribution in [3.63, 3.8) is 0 Å². The largest absolute Gasteiger partial charge is 0.335 e. The van der Waals surface area contributed by atoms with Crippen molar-refractivity contribution in [2.24, 2.45) is 0 Å². The summed E-state index contributed by atoms with van der Waals surface area (Å²) in [6.07, 6.45) is 5.06. The fraction of sp³-hybridized carbons (Fsp3) is 0.250. The van der Waals surface area contributed by atoms with E-state index in [1.807, 2.05) is 11.0 Å². The molecule has 0 atom stereocenters. The number of amides is 1. The van der Waals surface area contributed by atoms with E-state index < -0.39 is 0 Å². The molecule has 0 fully saturated rings. The van der Waals surface area contributed by atoms with Crippen LogP contribution in [-0.2, 0) is 0 Å². The van der Waals surface area contributed by atoms with E-state index in [9.17, 15) is 4.79 Å². The molecular weight excluding hydrogens is 210 g/mol.